The minimum absolute atomic E-state index is 0.166. The number of nitrogens with one attached hydrogen (secondary N) is 2. The lowest BCUT2D eigenvalue weighted by Crippen LogP contribution is -2.21. The maximum Gasteiger partial charge on any atom is 0.245 e. The molecule has 0 bridgehead atoms. The first-order chi connectivity index (χ1) is 8.63. The normalized spacial score (nSPS) is 10.1. The Morgan fingerprint density at radius 2 is 2.06 bits per heavy atom. The van der Waals surface area contributed by atoms with Crippen LogP contribution in [0.25, 0.3) is 0 Å². The highest BCUT2D eigenvalue weighted by molar-refractivity contribution is 7.15. The highest BCUT2D eigenvalue weighted by Crippen LogP contribution is 2.14. The third-order valence-electron chi connectivity index (χ3n) is 2.07. The molecule has 18 heavy (non-hydrogen) atoms. The largest absolute Gasteiger partial charge is 0.376 e. The van der Waals surface area contributed by atoms with E-state index >= 15 is 0 Å². The van der Waals surface area contributed by atoms with Crippen LogP contribution >= 0.6 is 22.9 Å². The Balaban J connectivity index is 1.83. The zero-order valence-corrected chi connectivity index (χ0v) is 11.2. The lowest BCUT2D eigenvalue weighted by molar-refractivity contribution is -0.114. The minimum atomic E-state index is -0.166. The topological polar surface area (TPSA) is 66.9 Å². The summed E-state index contributed by atoms with van der Waals surface area (Å²) >= 11 is 7.10. The van der Waals surface area contributed by atoms with Crippen molar-refractivity contribution in [2.24, 2.45) is 0 Å². The van der Waals surface area contributed by atoms with E-state index in [9.17, 15) is 4.79 Å². The first-order valence-electron chi connectivity index (χ1n) is 5.23. The minimum Gasteiger partial charge on any atom is -0.376 e. The molecular weight excluding hydrogens is 272 g/mol. The molecule has 5 nitrogen and oxygen atoms in total. The Morgan fingerprint density at radius 1 is 1.33 bits per heavy atom. The molecule has 1 amide bonds. The number of benzene rings is 1. The van der Waals surface area contributed by atoms with Crippen LogP contribution in [0.1, 0.15) is 5.01 Å². The number of anilines is 2. The molecule has 1 aromatic heterocycles. The van der Waals surface area contributed by atoms with Crippen molar-refractivity contribution in [3.63, 3.8) is 0 Å². The van der Waals surface area contributed by atoms with Crippen LogP contribution in [0, 0.1) is 6.92 Å². The maximum absolute atomic E-state index is 11.6. The third-order valence-corrected chi connectivity index (χ3v) is 3.08. The summed E-state index contributed by atoms with van der Waals surface area (Å²) in [6.07, 6.45) is 0. The van der Waals surface area contributed by atoms with Crippen molar-refractivity contribution in [1.29, 1.82) is 0 Å². The fraction of sp³-hybridized carbons (Fsp3) is 0.182. The molecule has 2 aromatic rings. The van der Waals surface area contributed by atoms with Gasteiger partial charge in [0.15, 0.2) is 0 Å². The predicted octanol–water partition coefficient (Wildman–Crippen LogP) is 2.55. The van der Waals surface area contributed by atoms with Crippen molar-refractivity contribution in [2.75, 3.05) is 17.2 Å². The van der Waals surface area contributed by atoms with Crippen LogP contribution in [0.4, 0.5) is 10.8 Å². The molecule has 0 aliphatic carbocycles. The van der Waals surface area contributed by atoms with Crippen molar-refractivity contribution in [2.45, 2.75) is 6.92 Å². The summed E-state index contributed by atoms with van der Waals surface area (Å²) in [6, 6.07) is 7.14. The molecule has 0 aliphatic heterocycles. The van der Waals surface area contributed by atoms with Crippen LogP contribution in [-0.2, 0) is 4.79 Å². The first-order valence-corrected chi connectivity index (χ1v) is 6.42. The number of halogens is 1. The van der Waals surface area contributed by atoms with Gasteiger partial charge in [0.05, 0.1) is 6.54 Å². The Labute approximate surface area is 113 Å². The van der Waals surface area contributed by atoms with Crippen molar-refractivity contribution in [3.8, 4) is 0 Å². The zero-order chi connectivity index (χ0) is 13.0. The van der Waals surface area contributed by atoms with Crippen molar-refractivity contribution in [3.05, 3.63) is 34.3 Å². The molecule has 2 rings (SSSR count). The molecule has 0 radical (unpaired) electrons. The molecule has 0 fully saturated rings. The SMILES string of the molecule is Cc1nnc(NC(=O)CNc2ccc(Cl)cc2)s1. The summed E-state index contributed by atoms with van der Waals surface area (Å²) in [6.45, 7) is 2.00. The van der Waals surface area contributed by atoms with E-state index in [-0.39, 0.29) is 12.5 Å². The van der Waals surface area contributed by atoms with E-state index in [0.29, 0.717) is 10.2 Å². The molecule has 0 saturated heterocycles. The summed E-state index contributed by atoms with van der Waals surface area (Å²) < 4.78 is 0. The molecule has 94 valence electrons. The van der Waals surface area contributed by atoms with Gasteiger partial charge in [-0.15, -0.1) is 10.2 Å². The van der Waals surface area contributed by atoms with Crippen molar-refractivity contribution < 1.29 is 4.79 Å². The Hall–Kier alpha value is -1.66. The summed E-state index contributed by atoms with van der Waals surface area (Å²) in [5, 5.41) is 15.3. The van der Waals surface area contributed by atoms with E-state index in [2.05, 4.69) is 20.8 Å². The Bertz CT molecular complexity index is 540. The number of aromatic nitrogens is 2. The second-order valence-corrected chi connectivity index (χ2v) is 5.15. The summed E-state index contributed by atoms with van der Waals surface area (Å²) in [7, 11) is 0. The van der Waals surface area contributed by atoms with Gasteiger partial charge in [-0.1, -0.05) is 22.9 Å². The number of carbonyl (C=O) groups is 1. The predicted molar refractivity (Wildman–Crippen MR) is 73.2 cm³/mol. The quantitative estimate of drug-likeness (QED) is 0.904. The van der Waals surface area contributed by atoms with Gasteiger partial charge in [0.1, 0.15) is 5.01 Å². The highest BCUT2D eigenvalue weighted by Gasteiger charge is 2.05. The smallest absolute Gasteiger partial charge is 0.245 e. The van der Waals surface area contributed by atoms with Gasteiger partial charge in [-0.2, -0.15) is 0 Å². The van der Waals surface area contributed by atoms with Gasteiger partial charge < -0.3 is 5.32 Å². The molecule has 0 atom stereocenters. The zero-order valence-electron chi connectivity index (χ0n) is 9.61. The number of nitrogens with zero attached hydrogens (tertiary/aromatic N) is 2. The molecule has 1 heterocycles. The summed E-state index contributed by atoms with van der Waals surface area (Å²) in [5.41, 5.74) is 0.836. The fourth-order valence-corrected chi connectivity index (χ4v) is 1.99. The number of hydrogen-bond acceptors (Lipinski definition) is 5. The molecule has 0 unspecified atom stereocenters. The molecule has 7 heteroatoms. The second-order valence-electron chi connectivity index (χ2n) is 3.53. The number of amides is 1. The van der Waals surface area contributed by atoms with Crippen LogP contribution in [0.5, 0.6) is 0 Å². The molecule has 0 aliphatic rings. The van der Waals surface area contributed by atoms with Crippen molar-refractivity contribution in [1.82, 2.24) is 10.2 Å². The van der Waals surface area contributed by atoms with Gasteiger partial charge >= 0.3 is 0 Å². The van der Waals surface area contributed by atoms with Crippen LogP contribution in [-0.4, -0.2) is 22.6 Å². The molecule has 0 saturated carbocycles. The van der Waals surface area contributed by atoms with E-state index in [4.69, 9.17) is 11.6 Å². The Morgan fingerprint density at radius 3 is 2.67 bits per heavy atom. The summed E-state index contributed by atoms with van der Waals surface area (Å²) in [4.78, 5) is 11.6. The van der Waals surface area contributed by atoms with Gasteiger partial charge in [-0.25, -0.2) is 0 Å². The van der Waals surface area contributed by atoms with Gasteiger partial charge in [0.25, 0.3) is 0 Å². The lowest BCUT2D eigenvalue weighted by Gasteiger charge is -2.05. The number of aryl methyl sites for hydroxylation is 1. The molecule has 1 aromatic carbocycles. The van der Waals surface area contributed by atoms with Crippen LogP contribution in [0.15, 0.2) is 24.3 Å². The van der Waals surface area contributed by atoms with E-state index in [1.54, 1.807) is 12.1 Å². The van der Waals surface area contributed by atoms with Gasteiger partial charge in [0, 0.05) is 10.7 Å². The fourth-order valence-electron chi connectivity index (χ4n) is 1.26. The number of hydrogen-bond donors (Lipinski definition) is 2. The van der Waals surface area contributed by atoms with Gasteiger partial charge in [-0.05, 0) is 31.2 Å². The highest BCUT2D eigenvalue weighted by atomic mass is 35.5. The van der Waals surface area contributed by atoms with E-state index in [0.717, 1.165) is 10.7 Å². The average molecular weight is 283 g/mol. The van der Waals surface area contributed by atoms with Crippen molar-refractivity contribution >= 4 is 39.7 Å². The average Bonchev–Trinajstić information content (AvgIpc) is 2.74. The monoisotopic (exact) mass is 282 g/mol. The summed E-state index contributed by atoms with van der Waals surface area (Å²) in [5.74, 6) is -0.166. The van der Waals surface area contributed by atoms with Crippen LogP contribution < -0.4 is 10.6 Å². The molecule has 2 N–H and O–H groups in total. The number of carbonyl (C=O) groups excluding carboxylic acids is 1. The third kappa shape index (κ3) is 3.68. The second kappa shape index (κ2) is 5.79. The van der Waals surface area contributed by atoms with E-state index in [1.807, 2.05) is 19.1 Å². The Kier molecular flexibility index (Phi) is 4.11. The molecular formula is C11H11ClN4OS. The van der Waals surface area contributed by atoms with Gasteiger partial charge in [-0.3, -0.25) is 10.1 Å². The molecule has 0 spiro atoms. The van der Waals surface area contributed by atoms with Crippen LogP contribution in [0.3, 0.4) is 0 Å². The van der Waals surface area contributed by atoms with E-state index in [1.165, 1.54) is 11.3 Å². The lowest BCUT2D eigenvalue weighted by atomic mass is 10.3. The standard InChI is InChI=1S/C11H11ClN4OS/c1-7-15-16-11(18-7)14-10(17)6-13-9-4-2-8(12)3-5-9/h2-5,13H,6H2,1H3,(H,14,16,17). The maximum atomic E-state index is 11.6. The number of rotatable bonds is 4. The van der Waals surface area contributed by atoms with E-state index < -0.39 is 0 Å². The van der Waals surface area contributed by atoms with Gasteiger partial charge in [0.2, 0.25) is 11.0 Å². The van der Waals surface area contributed by atoms with Crippen LogP contribution in [0.2, 0.25) is 5.02 Å². The first kappa shape index (κ1) is 12.8.